The summed E-state index contributed by atoms with van der Waals surface area (Å²) in [6, 6.07) is 12.6. The predicted molar refractivity (Wildman–Crippen MR) is 85.8 cm³/mol. The molecule has 1 aromatic carbocycles. The molecule has 0 aliphatic carbocycles. The van der Waals surface area contributed by atoms with Crippen LogP contribution in [0.2, 0.25) is 0 Å². The molecule has 0 unspecified atom stereocenters. The number of piperazine rings is 1. The van der Waals surface area contributed by atoms with Gasteiger partial charge < -0.3 is 14.9 Å². The number of pyridine rings is 1. The lowest BCUT2D eigenvalue weighted by Gasteiger charge is -2.36. The predicted octanol–water partition coefficient (Wildman–Crippen LogP) is 2.21. The minimum Gasteiger partial charge on any atom is -0.392 e. The maximum absolute atomic E-state index is 9.06. The van der Waals surface area contributed by atoms with Gasteiger partial charge >= 0.3 is 0 Å². The largest absolute Gasteiger partial charge is 0.392 e. The molecule has 1 aliphatic rings. The summed E-state index contributed by atoms with van der Waals surface area (Å²) in [4.78, 5) is 9.15. The molecule has 3 rings (SSSR count). The van der Waals surface area contributed by atoms with E-state index < -0.39 is 0 Å². The zero-order chi connectivity index (χ0) is 14.7. The van der Waals surface area contributed by atoms with Crippen LogP contribution in [-0.4, -0.2) is 36.3 Å². The highest BCUT2D eigenvalue weighted by Crippen LogP contribution is 2.20. The fourth-order valence-electron chi connectivity index (χ4n) is 2.72. The molecule has 2 aromatic rings. The molecule has 0 radical (unpaired) electrons. The summed E-state index contributed by atoms with van der Waals surface area (Å²) in [5.41, 5.74) is 3.46. The zero-order valence-corrected chi connectivity index (χ0v) is 12.4. The third kappa shape index (κ3) is 3.16. The van der Waals surface area contributed by atoms with Crippen LogP contribution in [0.5, 0.6) is 0 Å². The van der Waals surface area contributed by atoms with Gasteiger partial charge in [-0.25, -0.2) is 4.98 Å². The summed E-state index contributed by atoms with van der Waals surface area (Å²) in [6.07, 6.45) is 1.75. The Morgan fingerprint density at radius 3 is 2.43 bits per heavy atom. The number of aryl methyl sites for hydroxylation is 1. The number of anilines is 2. The van der Waals surface area contributed by atoms with Crippen molar-refractivity contribution in [2.45, 2.75) is 13.5 Å². The molecule has 4 nitrogen and oxygen atoms in total. The van der Waals surface area contributed by atoms with Crippen molar-refractivity contribution in [1.29, 1.82) is 0 Å². The van der Waals surface area contributed by atoms with Gasteiger partial charge in [0, 0.05) is 38.1 Å². The highest BCUT2D eigenvalue weighted by atomic mass is 16.3. The number of benzene rings is 1. The summed E-state index contributed by atoms with van der Waals surface area (Å²) in [5, 5.41) is 9.06. The minimum atomic E-state index is 0.0500. The third-order valence-electron chi connectivity index (χ3n) is 3.96. The number of aliphatic hydroxyl groups excluding tert-OH is 1. The first-order valence-corrected chi connectivity index (χ1v) is 7.38. The van der Waals surface area contributed by atoms with Crippen molar-refractivity contribution >= 4 is 11.5 Å². The first-order valence-electron chi connectivity index (χ1n) is 7.38. The van der Waals surface area contributed by atoms with Gasteiger partial charge in [-0.1, -0.05) is 18.2 Å². The van der Waals surface area contributed by atoms with Crippen molar-refractivity contribution in [2.24, 2.45) is 0 Å². The lowest BCUT2D eigenvalue weighted by atomic mass is 10.2. The maximum Gasteiger partial charge on any atom is 0.128 e. The molecule has 1 aromatic heterocycles. The van der Waals surface area contributed by atoms with E-state index in [0.717, 1.165) is 37.6 Å². The fourth-order valence-corrected chi connectivity index (χ4v) is 2.72. The molecule has 0 atom stereocenters. The Hall–Kier alpha value is -2.07. The van der Waals surface area contributed by atoms with Crippen LogP contribution in [-0.2, 0) is 6.61 Å². The van der Waals surface area contributed by atoms with E-state index in [0.29, 0.717) is 0 Å². The molecule has 1 aliphatic heterocycles. The van der Waals surface area contributed by atoms with E-state index >= 15 is 0 Å². The van der Waals surface area contributed by atoms with Crippen LogP contribution in [0.1, 0.15) is 11.1 Å². The van der Waals surface area contributed by atoms with Gasteiger partial charge in [-0.15, -0.1) is 0 Å². The second-order valence-electron chi connectivity index (χ2n) is 5.50. The van der Waals surface area contributed by atoms with Crippen molar-refractivity contribution in [3.05, 3.63) is 53.7 Å². The van der Waals surface area contributed by atoms with E-state index in [2.05, 4.69) is 46.0 Å². The Balaban J connectivity index is 1.64. The molecular formula is C17H21N3O. The molecule has 1 N–H and O–H groups in total. The van der Waals surface area contributed by atoms with Crippen LogP contribution in [0.3, 0.4) is 0 Å². The van der Waals surface area contributed by atoms with Crippen LogP contribution in [0.15, 0.2) is 42.6 Å². The van der Waals surface area contributed by atoms with Gasteiger partial charge in [0.2, 0.25) is 0 Å². The van der Waals surface area contributed by atoms with Crippen LogP contribution in [0.25, 0.3) is 0 Å². The number of aromatic nitrogens is 1. The molecule has 1 fully saturated rings. The van der Waals surface area contributed by atoms with Crippen LogP contribution >= 0.6 is 0 Å². The standard InChI is InChI=1S/C17H21N3O/c1-14-3-2-4-16(11-14)19-7-9-20(10-8-19)17-6-5-15(13-21)12-18-17/h2-6,11-12,21H,7-10,13H2,1H3. The lowest BCUT2D eigenvalue weighted by molar-refractivity contribution is 0.281. The molecule has 0 bridgehead atoms. The smallest absolute Gasteiger partial charge is 0.128 e. The Kier molecular flexibility index (Phi) is 4.06. The number of aliphatic hydroxyl groups is 1. The van der Waals surface area contributed by atoms with Gasteiger partial charge in [-0.3, -0.25) is 0 Å². The third-order valence-corrected chi connectivity index (χ3v) is 3.96. The molecular weight excluding hydrogens is 262 g/mol. The quantitative estimate of drug-likeness (QED) is 0.937. The average molecular weight is 283 g/mol. The summed E-state index contributed by atoms with van der Waals surface area (Å²) in [5.74, 6) is 0.996. The van der Waals surface area contributed by atoms with Crippen molar-refractivity contribution in [3.8, 4) is 0 Å². The number of hydrogen-bond donors (Lipinski definition) is 1. The van der Waals surface area contributed by atoms with Crippen molar-refractivity contribution < 1.29 is 5.11 Å². The second-order valence-corrected chi connectivity index (χ2v) is 5.50. The van der Waals surface area contributed by atoms with Gasteiger partial charge in [-0.2, -0.15) is 0 Å². The van der Waals surface area contributed by atoms with Crippen LogP contribution < -0.4 is 9.80 Å². The number of nitrogens with zero attached hydrogens (tertiary/aromatic N) is 3. The van der Waals surface area contributed by atoms with Crippen LogP contribution in [0, 0.1) is 6.92 Å². The van der Waals surface area contributed by atoms with Crippen molar-refractivity contribution in [1.82, 2.24) is 4.98 Å². The van der Waals surface area contributed by atoms with E-state index in [9.17, 15) is 0 Å². The van der Waals surface area contributed by atoms with E-state index in [1.807, 2.05) is 12.1 Å². The highest BCUT2D eigenvalue weighted by molar-refractivity contribution is 5.51. The molecule has 2 heterocycles. The van der Waals surface area contributed by atoms with Gasteiger partial charge in [-0.05, 0) is 36.2 Å². The Morgan fingerprint density at radius 1 is 1.05 bits per heavy atom. The van der Waals surface area contributed by atoms with E-state index in [1.165, 1.54) is 11.3 Å². The molecule has 0 spiro atoms. The summed E-state index contributed by atoms with van der Waals surface area (Å²) in [7, 11) is 0. The average Bonchev–Trinajstić information content (AvgIpc) is 2.55. The number of rotatable bonds is 3. The molecule has 110 valence electrons. The van der Waals surface area contributed by atoms with Crippen LogP contribution in [0.4, 0.5) is 11.5 Å². The zero-order valence-electron chi connectivity index (χ0n) is 12.4. The Morgan fingerprint density at radius 2 is 1.81 bits per heavy atom. The highest BCUT2D eigenvalue weighted by Gasteiger charge is 2.18. The monoisotopic (exact) mass is 283 g/mol. The normalized spacial score (nSPS) is 15.3. The first-order chi connectivity index (χ1) is 10.3. The van der Waals surface area contributed by atoms with Crippen molar-refractivity contribution in [2.75, 3.05) is 36.0 Å². The molecule has 4 heteroatoms. The molecule has 0 saturated carbocycles. The Bertz CT molecular complexity index is 589. The van der Waals surface area contributed by atoms with E-state index in [-0.39, 0.29) is 6.61 Å². The number of hydrogen-bond acceptors (Lipinski definition) is 4. The minimum absolute atomic E-state index is 0.0500. The summed E-state index contributed by atoms with van der Waals surface area (Å²) >= 11 is 0. The fraction of sp³-hybridized carbons (Fsp3) is 0.353. The first kappa shape index (κ1) is 13.9. The lowest BCUT2D eigenvalue weighted by Crippen LogP contribution is -2.46. The molecule has 1 saturated heterocycles. The van der Waals surface area contributed by atoms with Gasteiger partial charge in [0.1, 0.15) is 5.82 Å². The molecule has 0 amide bonds. The summed E-state index contributed by atoms with van der Waals surface area (Å²) < 4.78 is 0. The Labute approximate surface area is 125 Å². The van der Waals surface area contributed by atoms with E-state index in [4.69, 9.17) is 5.11 Å². The molecule has 21 heavy (non-hydrogen) atoms. The summed E-state index contributed by atoms with van der Waals surface area (Å²) in [6.45, 7) is 6.14. The maximum atomic E-state index is 9.06. The topological polar surface area (TPSA) is 39.6 Å². The van der Waals surface area contributed by atoms with Gasteiger partial charge in [0.25, 0.3) is 0 Å². The van der Waals surface area contributed by atoms with Gasteiger partial charge in [0.05, 0.1) is 6.61 Å². The van der Waals surface area contributed by atoms with E-state index in [1.54, 1.807) is 6.20 Å². The van der Waals surface area contributed by atoms with Crippen molar-refractivity contribution in [3.63, 3.8) is 0 Å². The SMILES string of the molecule is Cc1cccc(N2CCN(c3ccc(CO)cn3)CC2)c1. The van der Waals surface area contributed by atoms with Gasteiger partial charge in [0.15, 0.2) is 0 Å². The second kappa shape index (κ2) is 6.14.